The van der Waals surface area contributed by atoms with Crippen molar-refractivity contribution in [2.75, 3.05) is 19.5 Å². The van der Waals surface area contributed by atoms with Crippen LogP contribution in [0.1, 0.15) is 12.6 Å². The van der Waals surface area contributed by atoms with Crippen molar-refractivity contribution in [3.8, 4) is 0 Å². The van der Waals surface area contributed by atoms with Gasteiger partial charge in [-0.05, 0) is 31.2 Å². The van der Waals surface area contributed by atoms with E-state index >= 15 is 0 Å². The Morgan fingerprint density at radius 3 is 1.77 bits per heavy atom. The predicted molar refractivity (Wildman–Crippen MR) is 114 cm³/mol. The molecule has 0 saturated carbocycles. The molecule has 4 heterocycles. The van der Waals surface area contributed by atoms with Crippen molar-refractivity contribution in [3.05, 3.63) is 84.5 Å². The lowest BCUT2D eigenvalue weighted by molar-refractivity contribution is 1.27. The first-order valence-corrected chi connectivity index (χ1v) is 11.9. The molecule has 0 spiro atoms. The second kappa shape index (κ2) is 6.44. The van der Waals surface area contributed by atoms with E-state index in [0.29, 0.717) is 0 Å². The number of hydrogen-bond donors (Lipinski definition) is 0. The summed E-state index contributed by atoms with van der Waals surface area (Å²) in [5.41, 5.74) is 6.12. The van der Waals surface area contributed by atoms with Crippen LogP contribution in [0.2, 0.25) is 0 Å². The summed E-state index contributed by atoms with van der Waals surface area (Å²) in [6, 6.07) is 18.7. The lowest BCUT2D eigenvalue weighted by Crippen LogP contribution is -2.61. The molecule has 0 aromatic carbocycles. The number of allylic oxidation sites excluding steroid dienone is 1. The van der Waals surface area contributed by atoms with Crippen LogP contribution in [0.25, 0.3) is 5.47 Å². The van der Waals surface area contributed by atoms with Crippen molar-refractivity contribution in [2.45, 2.75) is 6.92 Å². The fourth-order valence-corrected chi connectivity index (χ4v) is 9.36. The third kappa shape index (κ3) is 2.44. The lowest BCUT2D eigenvalue weighted by atomic mass is 9.36. The summed E-state index contributed by atoms with van der Waals surface area (Å²) < 4.78 is 0. The maximum Gasteiger partial charge on any atom is 0.282 e. The molecule has 0 amide bonds. The largest absolute Gasteiger partial charge is 0.298 e. The van der Waals surface area contributed by atoms with E-state index in [2.05, 4.69) is 56.7 Å². The molecule has 3 nitrogen and oxygen atoms in total. The SMILES string of the molecule is CC1=C(c2ccccn2)[B-](c2ccccn2)(c2ccccn2)[P+](C)(C)C1. The minimum atomic E-state index is -1.43. The van der Waals surface area contributed by atoms with Gasteiger partial charge in [-0.1, -0.05) is 47.1 Å². The van der Waals surface area contributed by atoms with Gasteiger partial charge in [0.1, 0.15) is 0 Å². The smallest absolute Gasteiger partial charge is 0.282 e. The fourth-order valence-electron chi connectivity index (χ4n) is 4.90. The molecule has 0 radical (unpaired) electrons. The Morgan fingerprint density at radius 1 is 0.769 bits per heavy atom. The molecule has 4 rings (SSSR count). The topological polar surface area (TPSA) is 38.7 Å². The summed E-state index contributed by atoms with van der Waals surface area (Å²) in [6.45, 7) is 7.17. The normalized spacial score (nSPS) is 18.1. The monoisotopic (exact) mass is 359 g/mol. The van der Waals surface area contributed by atoms with Gasteiger partial charge in [-0.15, -0.1) is 12.6 Å². The first kappa shape index (κ1) is 17.1. The molecular formula is C21H23BN3P. The fraction of sp³-hybridized carbons (Fsp3) is 0.190. The van der Waals surface area contributed by atoms with Crippen molar-refractivity contribution in [2.24, 2.45) is 0 Å². The van der Waals surface area contributed by atoms with E-state index in [1.54, 1.807) is 0 Å². The number of rotatable bonds is 3. The van der Waals surface area contributed by atoms with Gasteiger partial charge in [0.25, 0.3) is 5.87 Å². The molecule has 0 N–H and O–H groups in total. The highest BCUT2D eigenvalue weighted by molar-refractivity contribution is 8.14. The first-order valence-electron chi connectivity index (χ1n) is 9.00. The first-order chi connectivity index (χ1) is 12.6. The van der Waals surface area contributed by atoms with Crippen molar-refractivity contribution in [3.63, 3.8) is 0 Å². The molecule has 1 aliphatic heterocycles. The van der Waals surface area contributed by atoms with Gasteiger partial charge in [-0.2, -0.15) is 0 Å². The van der Waals surface area contributed by atoms with Crippen LogP contribution in [0, 0.1) is 0 Å². The highest BCUT2D eigenvalue weighted by atomic mass is 31.2. The summed E-state index contributed by atoms with van der Waals surface area (Å²) in [5.74, 6) is -1.23. The molecule has 0 aliphatic carbocycles. The minimum Gasteiger partial charge on any atom is -0.298 e. The van der Waals surface area contributed by atoms with Crippen LogP contribution in [-0.2, 0) is 0 Å². The molecule has 0 atom stereocenters. The zero-order chi connectivity index (χ0) is 18.2. The maximum atomic E-state index is 4.87. The Balaban J connectivity index is 2.11. The number of pyridine rings is 3. The van der Waals surface area contributed by atoms with Gasteiger partial charge in [0, 0.05) is 43.8 Å². The highest BCUT2D eigenvalue weighted by Crippen LogP contribution is 2.68. The predicted octanol–water partition coefficient (Wildman–Crippen LogP) is 3.24. The van der Waals surface area contributed by atoms with Crippen LogP contribution in [0.3, 0.4) is 0 Å². The van der Waals surface area contributed by atoms with Gasteiger partial charge < -0.3 is 0 Å². The average Bonchev–Trinajstić information content (AvgIpc) is 2.89. The zero-order valence-electron chi connectivity index (χ0n) is 15.5. The van der Waals surface area contributed by atoms with E-state index in [4.69, 9.17) is 15.0 Å². The number of nitrogens with zero attached hydrogens (tertiary/aromatic N) is 3. The molecule has 0 saturated heterocycles. The van der Waals surface area contributed by atoms with E-state index in [0.717, 1.165) is 23.0 Å². The van der Waals surface area contributed by atoms with Crippen molar-refractivity contribution in [1.29, 1.82) is 0 Å². The summed E-state index contributed by atoms with van der Waals surface area (Å²) in [4.78, 5) is 14.5. The quantitative estimate of drug-likeness (QED) is 0.532. The number of hydrogen-bond acceptors (Lipinski definition) is 3. The van der Waals surface area contributed by atoms with Gasteiger partial charge in [0.2, 0.25) is 0 Å². The Bertz CT molecular complexity index is 901. The minimum absolute atomic E-state index is 1.06. The van der Waals surface area contributed by atoms with Crippen LogP contribution in [0.4, 0.5) is 0 Å². The lowest BCUT2D eigenvalue weighted by Gasteiger charge is -2.43. The average molecular weight is 359 g/mol. The van der Waals surface area contributed by atoms with Crippen molar-refractivity contribution >= 4 is 29.7 Å². The summed E-state index contributed by atoms with van der Waals surface area (Å²) in [7, 11) is -1.43. The van der Waals surface area contributed by atoms with E-state index in [-0.39, 0.29) is 0 Å². The van der Waals surface area contributed by atoms with E-state index in [1.807, 2.05) is 36.8 Å². The van der Waals surface area contributed by atoms with Gasteiger partial charge >= 0.3 is 0 Å². The molecular weight excluding hydrogens is 336 g/mol. The Kier molecular flexibility index (Phi) is 4.24. The summed E-state index contributed by atoms with van der Waals surface area (Å²) in [5, 5.41) is 0. The Labute approximate surface area is 155 Å². The molecule has 0 unspecified atom stereocenters. The van der Waals surface area contributed by atoms with E-state index < -0.39 is 13.0 Å². The molecule has 0 bridgehead atoms. The van der Waals surface area contributed by atoms with Crippen LogP contribution in [0.5, 0.6) is 0 Å². The molecule has 0 fully saturated rings. The van der Waals surface area contributed by atoms with Crippen LogP contribution in [-0.4, -0.2) is 40.3 Å². The second-order valence-corrected chi connectivity index (χ2v) is 12.3. The summed E-state index contributed by atoms with van der Waals surface area (Å²) >= 11 is 0. The highest BCUT2D eigenvalue weighted by Gasteiger charge is 2.58. The Hall–Kier alpha value is -2.32. The standard InChI is InChI=1S/C21H23BN3P/c1-17-16-26(2,3)22(19-11-5-8-14-24-19,20-12-6-9-15-25-20)21(17)18-10-4-7-13-23-18/h4-15H,16H2,1-3H3. The van der Waals surface area contributed by atoms with Crippen molar-refractivity contribution < 1.29 is 0 Å². The third-order valence-corrected chi connectivity index (χ3v) is 9.92. The number of aromatic nitrogens is 3. The summed E-state index contributed by atoms with van der Waals surface area (Å²) in [6.07, 6.45) is 6.82. The van der Waals surface area contributed by atoms with Crippen LogP contribution in [0.15, 0.2) is 78.8 Å². The molecule has 3 aromatic heterocycles. The van der Waals surface area contributed by atoms with Gasteiger partial charge in [0.05, 0.1) is 0 Å². The second-order valence-electron chi connectivity index (χ2n) is 7.68. The van der Waals surface area contributed by atoms with E-state index in [9.17, 15) is 0 Å². The molecule has 1 aliphatic rings. The van der Waals surface area contributed by atoms with E-state index in [1.165, 1.54) is 11.0 Å². The molecule has 3 aromatic rings. The Morgan fingerprint density at radius 2 is 1.31 bits per heavy atom. The van der Waals surface area contributed by atoms with Gasteiger partial charge in [-0.3, -0.25) is 15.0 Å². The zero-order valence-corrected chi connectivity index (χ0v) is 16.4. The van der Waals surface area contributed by atoms with Crippen molar-refractivity contribution in [1.82, 2.24) is 15.0 Å². The maximum absolute atomic E-state index is 4.87. The molecule has 130 valence electrons. The van der Waals surface area contributed by atoms with Crippen LogP contribution < -0.4 is 11.2 Å². The van der Waals surface area contributed by atoms with Gasteiger partial charge in [-0.25, -0.2) is 0 Å². The van der Waals surface area contributed by atoms with Gasteiger partial charge in [0.15, 0.2) is 0 Å². The molecule has 5 heteroatoms. The van der Waals surface area contributed by atoms with Crippen LogP contribution >= 0.6 is 7.14 Å². The third-order valence-electron chi connectivity index (χ3n) is 5.74. The molecule has 26 heavy (non-hydrogen) atoms.